The fraction of sp³-hybridized carbons (Fsp3) is 0.0556. The summed E-state index contributed by atoms with van der Waals surface area (Å²) in [5.41, 5.74) is 6.72. The molecule has 26 heavy (non-hydrogen) atoms. The topological polar surface area (TPSA) is 78.1 Å². The van der Waals surface area contributed by atoms with Gasteiger partial charge in [0.05, 0.1) is 0 Å². The van der Waals surface area contributed by atoms with Crippen LogP contribution in [0.25, 0.3) is 11.4 Å². The number of anilines is 1. The van der Waals surface area contributed by atoms with Gasteiger partial charge in [-0.15, -0.1) is 0 Å². The summed E-state index contributed by atoms with van der Waals surface area (Å²) in [4.78, 5) is 20.6. The van der Waals surface area contributed by atoms with Gasteiger partial charge in [-0.25, -0.2) is 19.2 Å². The molecule has 0 radical (unpaired) electrons. The second-order valence-corrected chi connectivity index (χ2v) is 6.12. The fourth-order valence-corrected chi connectivity index (χ4v) is 2.46. The van der Waals surface area contributed by atoms with E-state index in [1.807, 2.05) is 0 Å². The molecule has 8 heteroatoms. The van der Waals surface area contributed by atoms with E-state index in [4.69, 9.17) is 33.7 Å². The number of nitrogens with zero attached hydrogens (tertiary/aromatic N) is 2. The molecular weight excluding hydrogens is 380 g/mol. The largest absolute Gasteiger partial charge is 0.456 e. The number of nitrogens with two attached hydrogens (primary N) is 1. The maximum absolute atomic E-state index is 13.2. The van der Waals surface area contributed by atoms with Crippen LogP contribution in [-0.2, 0) is 11.3 Å². The molecular formula is C18H12Cl2FN3O2. The number of ether oxygens (including phenoxy) is 1. The normalized spacial score (nSPS) is 10.6. The van der Waals surface area contributed by atoms with Crippen molar-refractivity contribution in [2.24, 2.45) is 0 Å². The molecule has 3 aromatic rings. The van der Waals surface area contributed by atoms with E-state index in [-0.39, 0.29) is 29.0 Å². The number of hydrogen-bond donors (Lipinski definition) is 1. The van der Waals surface area contributed by atoms with Crippen LogP contribution in [0.1, 0.15) is 16.1 Å². The summed E-state index contributed by atoms with van der Waals surface area (Å²) in [5, 5.41) is 0.442. The highest BCUT2D eigenvalue weighted by Gasteiger charge is 2.20. The molecule has 0 saturated carbocycles. The Hall–Kier alpha value is -2.70. The van der Waals surface area contributed by atoms with Crippen LogP contribution in [0.5, 0.6) is 0 Å². The summed E-state index contributed by atoms with van der Waals surface area (Å²) in [5.74, 6) is -1.05. The minimum atomic E-state index is -0.788. The summed E-state index contributed by atoms with van der Waals surface area (Å²) in [6.07, 6.45) is 0. The number of halogens is 3. The SMILES string of the molecule is Nc1nc(-c2ccc(Cl)cc2)nc(C(=O)OCc2cccc(F)c2)c1Cl. The number of hydrogen-bond acceptors (Lipinski definition) is 5. The third-order valence-electron chi connectivity index (χ3n) is 3.43. The van der Waals surface area contributed by atoms with Gasteiger partial charge in [0.2, 0.25) is 0 Å². The van der Waals surface area contributed by atoms with Crippen LogP contribution in [-0.4, -0.2) is 15.9 Å². The molecule has 0 spiro atoms. The van der Waals surface area contributed by atoms with Crippen molar-refractivity contribution in [3.05, 3.63) is 75.7 Å². The predicted octanol–water partition coefficient (Wildman–Crippen LogP) is 4.53. The van der Waals surface area contributed by atoms with E-state index in [9.17, 15) is 9.18 Å². The molecule has 0 fully saturated rings. The quantitative estimate of drug-likeness (QED) is 0.661. The Morgan fingerprint density at radius 3 is 2.54 bits per heavy atom. The Labute approximate surface area is 158 Å². The number of esters is 1. The van der Waals surface area contributed by atoms with Crippen LogP contribution in [0.2, 0.25) is 10.0 Å². The molecule has 2 aromatic carbocycles. The molecule has 0 amide bonds. The molecule has 0 saturated heterocycles. The highest BCUT2D eigenvalue weighted by molar-refractivity contribution is 6.35. The second-order valence-electron chi connectivity index (χ2n) is 5.31. The molecule has 1 heterocycles. The van der Waals surface area contributed by atoms with Gasteiger partial charge in [-0.3, -0.25) is 0 Å². The van der Waals surface area contributed by atoms with Crippen molar-refractivity contribution in [3.8, 4) is 11.4 Å². The lowest BCUT2D eigenvalue weighted by Gasteiger charge is -2.09. The Bertz CT molecular complexity index is 965. The van der Waals surface area contributed by atoms with Crippen molar-refractivity contribution in [3.63, 3.8) is 0 Å². The number of nitrogen functional groups attached to an aromatic ring is 1. The van der Waals surface area contributed by atoms with Crippen molar-refractivity contribution in [2.45, 2.75) is 6.61 Å². The van der Waals surface area contributed by atoms with Gasteiger partial charge >= 0.3 is 5.97 Å². The average molecular weight is 392 g/mol. The van der Waals surface area contributed by atoms with E-state index in [0.29, 0.717) is 16.1 Å². The summed E-state index contributed by atoms with van der Waals surface area (Å²) >= 11 is 11.9. The van der Waals surface area contributed by atoms with Crippen LogP contribution >= 0.6 is 23.2 Å². The summed E-state index contributed by atoms with van der Waals surface area (Å²) < 4.78 is 18.4. The smallest absolute Gasteiger partial charge is 0.359 e. The molecule has 0 atom stereocenters. The number of benzene rings is 2. The number of aromatic nitrogens is 2. The van der Waals surface area contributed by atoms with E-state index >= 15 is 0 Å². The van der Waals surface area contributed by atoms with Gasteiger partial charge in [0.1, 0.15) is 23.3 Å². The third-order valence-corrected chi connectivity index (χ3v) is 4.06. The predicted molar refractivity (Wildman–Crippen MR) is 97.4 cm³/mol. The van der Waals surface area contributed by atoms with E-state index in [0.717, 1.165) is 0 Å². The van der Waals surface area contributed by atoms with Gasteiger partial charge in [0.25, 0.3) is 0 Å². The Kier molecular flexibility index (Phi) is 5.35. The second kappa shape index (κ2) is 7.68. The monoisotopic (exact) mass is 391 g/mol. The van der Waals surface area contributed by atoms with E-state index in [2.05, 4.69) is 9.97 Å². The van der Waals surface area contributed by atoms with Gasteiger partial charge in [0, 0.05) is 10.6 Å². The van der Waals surface area contributed by atoms with Crippen LogP contribution in [0.15, 0.2) is 48.5 Å². The minimum absolute atomic E-state index is 0.0516. The molecule has 0 aliphatic heterocycles. The molecule has 0 aliphatic rings. The first-order valence-electron chi connectivity index (χ1n) is 7.44. The first-order valence-corrected chi connectivity index (χ1v) is 8.20. The van der Waals surface area contributed by atoms with E-state index in [1.165, 1.54) is 18.2 Å². The van der Waals surface area contributed by atoms with Crippen molar-refractivity contribution >= 4 is 35.0 Å². The van der Waals surface area contributed by atoms with Gasteiger partial charge in [-0.1, -0.05) is 35.3 Å². The molecule has 2 N–H and O–H groups in total. The number of carbonyl (C=O) groups is 1. The maximum Gasteiger partial charge on any atom is 0.359 e. The Morgan fingerprint density at radius 1 is 1.12 bits per heavy atom. The van der Waals surface area contributed by atoms with Gasteiger partial charge < -0.3 is 10.5 Å². The zero-order valence-electron chi connectivity index (χ0n) is 13.2. The zero-order valence-corrected chi connectivity index (χ0v) is 14.8. The first kappa shape index (κ1) is 18.1. The summed E-state index contributed by atoms with van der Waals surface area (Å²) in [7, 11) is 0. The third kappa shape index (κ3) is 4.09. The molecule has 1 aromatic heterocycles. The summed E-state index contributed by atoms with van der Waals surface area (Å²) in [6, 6.07) is 12.4. The lowest BCUT2D eigenvalue weighted by atomic mass is 10.2. The minimum Gasteiger partial charge on any atom is -0.456 e. The molecule has 0 aliphatic carbocycles. The van der Waals surface area contributed by atoms with Crippen molar-refractivity contribution in [1.29, 1.82) is 0 Å². The van der Waals surface area contributed by atoms with Crippen LogP contribution in [0, 0.1) is 5.82 Å². The van der Waals surface area contributed by atoms with Crippen LogP contribution < -0.4 is 5.73 Å². The highest BCUT2D eigenvalue weighted by atomic mass is 35.5. The Balaban J connectivity index is 1.86. The average Bonchev–Trinajstić information content (AvgIpc) is 2.62. The van der Waals surface area contributed by atoms with Crippen LogP contribution in [0.3, 0.4) is 0 Å². The summed E-state index contributed by atoms with van der Waals surface area (Å²) in [6.45, 7) is -0.132. The molecule has 3 rings (SSSR count). The van der Waals surface area contributed by atoms with Crippen molar-refractivity contribution in [2.75, 3.05) is 5.73 Å². The molecule has 132 valence electrons. The van der Waals surface area contributed by atoms with Gasteiger partial charge in [0.15, 0.2) is 11.5 Å². The first-order chi connectivity index (χ1) is 12.4. The van der Waals surface area contributed by atoms with Crippen molar-refractivity contribution < 1.29 is 13.9 Å². The number of carbonyl (C=O) groups excluding carboxylic acids is 1. The molecule has 5 nitrogen and oxygen atoms in total. The molecule has 0 unspecified atom stereocenters. The molecule has 0 bridgehead atoms. The lowest BCUT2D eigenvalue weighted by molar-refractivity contribution is 0.0465. The Morgan fingerprint density at radius 2 is 1.85 bits per heavy atom. The van der Waals surface area contributed by atoms with Gasteiger partial charge in [-0.05, 0) is 42.0 Å². The fourth-order valence-electron chi connectivity index (χ4n) is 2.17. The van der Waals surface area contributed by atoms with E-state index in [1.54, 1.807) is 30.3 Å². The maximum atomic E-state index is 13.2. The number of rotatable bonds is 4. The standard InChI is InChI=1S/C18H12Cl2FN3O2/c19-12-6-4-11(5-7-12)17-23-15(14(20)16(22)24-17)18(25)26-9-10-2-1-3-13(21)8-10/h1-8H,9H2,(H2,22,23,24). The highest BCUT2D eigenvalue weighted by Crippen LogP contribution is 2.26. The van der Waals surface area contributed by atoms with Crippen molar-refractivity contribution in [1.82, 2.24) is 9.97 Å². The lowest BCUT2D eigenvalue weighted by Crippen LogP contribution is -2.12. The van der Waals surface area contributed by atoms with Gasteiger partial charge in [-0.2, -0.15) is 0 Å². The zero-order chi connectivity index (χ0) is 18.7. The van der Waals surface area contributed by atoms with E-state index < -0.39 is 11.8 Å². The van der Waals surface area contributed by atoms with Crippen LogP contribution in [0.4, 0.5) is 10.2 Å².